The summed E-state index contributed by atoms with van der Waals surface area (Å²) in [4.78, 5) is 18.1. The number of hydrogen-bond donors (Lipinski definition) is 0. The van der Waals surface area contributed by atoms with Crippen molar-refractivity contribution in [3.8, 4) is 28.7 Å². The molecular weight excluding hydrogens is 396 g/mol. The predicted octanol–water partition coefficient (Wildman–Crippen LogP) is 4.01. The minimum Gasteiger partial charge on any atom is -0.454 e. The summed E-state index contributed by atoms with van der Waals surface area (Å²) in [6.45, 7) is 0.388. The van der Waals surface area contributed by atoms with Gasteiger partial charge in [0.05, 0.1) is 16.6 Å². The Morgan fingerprint density at radius 2 is 1.48 bits per heavy atom. The molecule has 31 heavy (non-hydrogen) atoms. The van der Waals surface area contributed by atoms with Crippen molar-refractivity contribution in [2.45, 2.75) is 0 Å². The van der Waals surface area contributed by atoms with Crippen LogP contribution < -0.4 is 24.5 Å². The molecule has 0 unspecified atom stereocenters. The average Bonchev–Trinajstić information content (AvgIpc) is 3.46. The maximum absolute atomic E-state index is 13.4. The lowest BCUT2D eigenvalue weighted by Crippen LogP contribution is -2.22. The molecular formula is C24H16N2O5. The molecule has 2 aliphatic heterocycles. The van der Waals surface area contributed by atoms with Gasteiger partial charge in [-0.25, -0.2) is 4.98 Å². The minimum atomic E-state index is -0.158. The Labute approximate surface area is 176 Å². The van der Waals surface area contributed by atoms with E-state index in [1.165, 1.54) is 0 Å². The largest absolute Gasteiger partial charge is 0.454 e. The van der Waals surface area contributed by atoms with Crippen LogP contribution in [-0.4, -0.2) is 23.1 Å². The van der Waals surface area contributed by atoms with Crippen LogP contribution in [0.25, 0.3) is 28.7 Å². The van der Waals surface area contributed by atoms with E-state index in [-0.39, 0.29) is 19.1 Å². The predicted molar refractivity (Wildman–Crippen MR) is 115 cm³/mol. The lowest BCUT2D eigenvalue weighted by Gasteiger charge is -2.12. The summed E-state index contributed by atoms with van der Waals surface area (Å²) in [6, 6.07) is 18.4. The van der Waals surface area contributed by atoms with Crippen LogP contribution in [0.2, 0.25) is 0 Å². The quantitative estimate of drug-likeness (QED) is 0.506. The Kier molecular flexibility index (Phi) is 3.92. The number of fused-ring (bicyclic) bond motifs is 3. The van der Waals surface area contributed by atoms with Gasteiger partial charge in [0.25, 0.3) is 5.56 Å². The van der Waals surface area contributed by atoms with Crippen molar-refractivity contribution in [3.05, 3.63) is 82.4 Å². The van der Waals surface area contributed by atoms with E-state index < -0.39 is 0 Å². The van der Waals surface area contributed by atoms with Crippen molar-refractivity contribution in [2.24, 2.45) is 0 Å². The number of rotatable bonds is 3. The standard InChI is InChI=1S/C24H16N2O5/c27-24-17-3-1-2-4-18(17)25-23(10-6-15-5-8-19-21(11-15)30-13-28-19)26(24)16-7-9-20-22(12-16)31-14-29-20/h1-12H,13-14H2/b10-6+. The van der Waals surface area contributed by atoms with Gasteiger partial charge in [-0.3, -0.25) is 9.36 Å². The highest BCUT2D eigenvalue weighted by molar-refractivity contribution is 5.80. The van der Waals surface area contributed by atoms with E-state index in [0.717, 1.165) is 11.3 Å². The summed E-state index contributed by atoms with van der Waals surface area (Å²) in [7, 11) is 0. The zero-order chi connectivity index (χ0) is 20.8. The summed E-state index contributed by atoms with van der Waals surface area (Å²) in [6.07, 6.45) is 3.71. The monoisotopic (exact) mass is 412 g/mol. The van der Waals surface area contributed by atoms with Crippen LogP contribution in [0, 0.1) is 0 Å². The smallest absolute Gasteiger partial charge is 0.266 e. The highest BCUT2D eigenvalue weighted by atomic mass is 16.7. The van der Waals surface area contributed by atoms with Crippen LogP contribution in [0.4, 0.5) is 0 Å². The summed E-state index contributed by atoms with van der Waals surface area (Å²) in [5.74, 6) is 3.17. The van der Waals surface area contributed by atoms with E-state index in [1.54, 1.807) is 22.8 Å². The molecule has 0 amide bonds. The van der Waals surface area contributed by atoms with E-state index in [2.05, 4.69) is 0 Å². The fraction of sp³-hybridized carbons (Fsp3) is 0.0833. The molecule has 0 atom stereocenters. The molecule has 0 radical (unpaired) electrons. The summed E-state index contributed by atoms with van der Waals surface area (Å²) in [5.41, 5.74) is 2.03. The van der Waals surface area contributed by atoms with Gasteiger partial charge in [-0.15, -0.1) is 0 Å². The van der Waals surface area contributed by atoms with Crippen LogP contribution in [-0.2, 0) is 0 Å². The fourth-order valence-corrected chi connectivity index (χ4v) is 3.72. The average molecular weight is 412 g/mol. The molecule has 0 N–H and O–H groups in total. The van der Waals surface area contributed by atoms with Crippen molar-refractivity contribution >= 4 is 23.1 Å². The van der Waals surface area contributed by atoms with Gasteiger partial charge in [-0.2, -0.15) is 0 Å². The lowest BCUT2D eigenvalue weighted by atomic mass is 10.1. The molecule has 6 rings (SSSR count). The first-order valence-corrected chi connectivity index (χ1v) is 9.76. The van der Waals surface area contributed by atoms with E-state index in [1.807, 2.05) is 54.6 Å². The molecule has 2 aliphatic rings. The number of nitrogens with zero attached hydrogens (tertiary/aromatic N) is 2. The Balaban J connectivity index is 1.51. The maximum atomic E-state index is 13.4. The van der Waals surface area contributed by atoms with Gasteiger partial charge in [0.15, 0.2) is 23.0 Å². The molecule has 0 bridgehead atoms. The van der Waals surface area contributed by atoms with E-state index in [4.69, 9.17) is 23.9 Å². The van der Waals surface area contributed by atoms with Gasteiger partial charge in [-0.05, 0) is 48.0 Å². The molecule has 0 aliphatic carbocycles. The van der Waals surface area contributed by atoms with Crippen molar-refractivity contribution in [2.75, 3.05) is 13.6 Å². The van der Waals surface area contributed by atoms with Crippen LogP contribution >= 0.6 is 0 Å². The van der Waals surface area contributed by atoms with Crippen molar-refractivity contribution in [3.63, 3.8) is 0 Å². The van der Waals surface area contributed by atoms with Crippen LogP contribution in [0.1, 0.15) is 11.4 Å². The number of benzene rings is 3. The van der Waals surface area contributed by atoms with Gasteiger partial charge >= 0.3 is 0 Å². The Morgan fingerprint density at radius 3 is 2.32 bits per heavy atom. The zero-order valence-corrected chi connectivity index (χ0v) is 16.3. The second-order valence-electron chi connectivity index (χ2n) is 7.11. The molecule has 0 fully saturated rings. The zero-order valence-electron chi connectivity index (χ0n) is 16.3. The van der Waals surface area contributed by atoms with Gasteiger partial charge in [0.2, 0.25) is 13.6 Å². The summed E-state index contributed by atoms with van der Waals surface area (Å²) >= 11 is 0. The number of para-hydroxylation sites is 1. The Morgan fingerprint density at radius 1 is 0.774 bits per heavy atom. The van der Waals surface area contributed by atoms with Crippen LogP contribution in [0.3, 0.4) is 0 Å². The molecule has 3 aromatic carbocycles. The first-order chi connectivity index (χ1) is 15.3. The van der Waals surface area contributed by atoms with Gasteiger partial charge in [0.1, 0.15) is 5.82 Å². The minimum absolute atomic E-state index is 0.158. The molecule has 152 valence electrons. The van der Waals surface area contributed by atoms with Crippen LogP contribution in [0.15, 0.2) is 65.5 Å². The third kappa shape index (κ3) is 2.98. The van der Waals surface area contributed by atoms with E-state index >= 15 is 0 Å². The molecule has 0 spiro atoms. The highest BCUT2D eigenvalue weighted by Crippen LogP contribution is 2.34. The number of aromatic nitrogens is 2. The molecule has 4 aromatic rings. The molecule has 7 heteroatoms. The fourth-order valence-electron chi connectivity index (χ4n) is 3.72. The molecule has 1 aromatic heterocycles. The van der Waals surface area contributed by atoms with Crippen molar-refractivity contribution < 1.29 is 18.9 Å². The third-order valence-electron chi connectivity index (χ3n) is 5.24. The van der Waals surface area contributed by atoms with E-state index in [0.29, 0.717) is 39.7 Å². The molecule has 0 saturated carbocycles. The van der Waals surface area contributed by atoms with Crippen molar-refractivity contribution in [1.29, 1.82) is 0 Å². The Bertz CT molecular complexity index is 1420. The SMILES string of the molecule is O=c1c2ccccc2nc(/C=C/c2ccc3c(c2)OCO3)n1-c1ccc2c(c1)OCO2. The molecule has 7 nitrogen and oxygen atoms in total. The summed E-state index contributed by atoms with van der Waals surface area (Å²) in [5, 5.41) is 0.542. The van der Waals surface area contributed by atoms with Gasteiger partial charge < -0.3 is 18.9 Å². The second-order valence-corrected chi connectivity index (χ2v) is 7.11. The van der Waals surface area contributed by atoms with Gasteiger partial charge in [-0.1, -0.05) is 24.3 Å². The maximum Gasteiger partial charge on any atom is 0.266 e. The molecule has 3 heterocycles. The van der Waals surface area contributed by atoms with Crippen LogP contribution in [0.5, 0.6) is 23.0 Å². The number of ether oxygens (including phenoxy) is 4. The number of hydrogen-bond acceptors (Lipinski definition) is 6. The third-order valence-corrected chi connectivity index (χ3v) is 5.24. The first kappa shape index (κ1) is 17.6. The second kappa shape index (κ2) is 6.91. The molecule has 0 saturated heterocycles. The summed E-state index contributed by atoms with van der Waals surface area (Å²) < 4.78 is 23.3. The van der Waals surface area contributed by atoms with Gasteiger partial charge in [0, 0.05) is 6.07 Å². The topological polar surface area (TPSA) is 71.8 Å². The highest BCUT2D eigenvalue weighted by Gasteiger charge is 2.17. The first-order valence-electron chi connectivity index (χ1n) is 9.76. The van der Waals surface area contributed by atoms with Crippen molar-refractivity contribution in [1.82, 2.24) is 9.55 Å². The Hall–Kier alpha value is -4.26. The lowest BCUT2D eigenvalue weighted by molar-refractivity contribution is 0.173. The van der Waals surface area contributed by atoms with E-state index in [9.17, 15) is 4.79 Å². The normalized spacial score (nSPS) is 13.9.